The molecule has 7 heteroatoms. The van der Waals surface area contributed by atoms with E-state index in [1.807, 2.05) is 25.7 Å². The zero-order chi connectivity index (χ0) is 30.8. The predicted molar refractivity (Wildman–Crippen MR) is 175 cm³/mol. The summed E-state index contributed by atoms with van der Waals surface area (Å²) in [7, 11) is 2.07. The van der Waals surface area contributed by atoms with Gasteiger partial charge in [-0.2, -0.15) is 0 Å². The first-order valence-corrected chi connectivity index (χ1v) is 15.9. The number of esters is 1. The minimum atomic E-state index is -0.194. The molecule has 230 valence electrons. The number of aryl methyl sites for hydroxylation is 1. The molecule has 2 heterocycles. The molecule has 5 rings (SSSR count). The van der Waals surface area contributed by atoms with E-state index in [1.54, 1.807) is 0 Å². The molecule has 2 aromatic carbocycles. The van der Waals surface area contributed by atoms with Gasteiger partial charge < -0.3 is 14.5 Å². The van der Waals surface area contributed by atoms with Crippen LogP contribution in [0.1, 0.15) is 69.2 Å². The van der Waals surface area contributed by atoms with Crippen LogP contribution in [0, 0.1) is 5.92 Å². The first-order valence-electron chi connectivity index (χ1n) is 15.9. The predicted octanol–water partition coefficient (Wildman–Crippen LogP) is 6.16. The number of carbonyl (C=O) groups excluding carboxylic acids is 2. The van der Waals surface area contributed by atoms with Crippen molar-refractivity contribution in [3.63, 3.8) is 0 Å². The molecule has 0 radical (unpaired) electrons. The number of hydrogen-bond donors (Lipinski definition) is 0. The molecule has 3 aliphatic rings. The van der Waals surface area contributed by atoms with Crippen molar-refractivity contribution in [1.29, 1.82) is 0 Å². The molecule has 7 nitrogen and oxygen atoms in total. The van der Waals surface area contributed by atoms with E-state index in [0.717, 1.165) is 72.8 Å². The van der Waals surface area contributed by atoms with Crippen LogP contribution in [0.2, 0.25) is 0 Å². The van der Waals surface area contributed by atoms with Crippen molar-refractivity contribution >= 4 is 23.4 Å². The number of ether oxygens (including phenoxy) is 1. The van der Waals surface area contributed by atoms with Gasteiger partial charge in [-0.05, 0) is 61.8 Å². The Bertz CT molecular complexity index is 1340. The second kappa shape index (κ2) is 15.7. The number of aliphatic imine (C=N–C) groups is 1. The van der Waals surface area contributed by atoms with Crippen molar-refractivity contribution < 1.29 is 14.3 Å². The van der Waals surface area contributed by atoms with Gasteiger partial charge in [-0.15, -0.1) is 0 Å². The normalized spacial score (nSPS) is 18.6. The van der Waals surface area contributed by atoms with Crippen LogP contribution in [0.25, 0.3) is 0 Å². The van der Waals surface area contributed by atoms with E-state index in [2.05, 4.69) is 89.5 Å². The number of rotatable bonds is 9. The van der Waals surface area contributed by atoms with Crippen LogP contribution >= 0.6 is 0 Å². The van der Waals surface area contributed by atoms with E-state index in [1.165, 1.54) is 5.57 Å². The second-order valence-electron chi connectivity index (χ2n) is 11.4. The van der Waals surface area contributed by atoms with E-state index >= 15 is 0 Å². The fraction of sp³-hybridized carbons (Fsp3) is 0.472. The number of amidine groups is 1. The molecule has 0 saturated carbocycles. The van der Waals surface area contributed by atoms with Gasteiger partial charge in [-0.25, -0.2) is 0 Å². The average molecular weight is 585 g/mol. The van der Waals surface area contributed by atoms with E-state index in [4.69, 9.17) is 4.74 Å². The molecule has 0 fully saturated rings. The highest BCUT2D eigenvalue weighted by Gasteiger charge is 2.28. The van der Waals surface area contributed by atoms with Crippen molar-refractivity contribution in [2.45, 2.75) is 66.5 Å². The quantitative estimate of drug-likeness (QED) is 0.330. The lowest BCUT2D eigenvalue weighted by Gasteiger charge is -2.25. The topological polar surface area (TPSA) is 65.5 Å². The summed E-state index contributed by atoms with van der Waals surface area (Å²) in [6.07, 6.45) is 9.88. The van der Waals surface area contributed by atoms with Crippen LogP contribution in [-0.4, -0.2) is 67.3 Å². The summed E-state index contributed by atoms with van der Waals surface area (Å²) in [6.45, 7) is 12.6. The fourth-order valence-electron chi connectivity index (χ4n) is 5.89. The first kappa shape index (κ1) is 32.2. The number of benzene rings is 2. The second-order valence-corrected chi connectivity index (χ2v) is 11.4. The highest BCUT2D eigenvalue weighted by atomic mass is 16.5. The molecule has 43 heavy (non-hydrogen) atoms. The molecule has 1 unspecified atom stereocenters. The van der Waals surface area contributed by atoms with Gasteiger partial charge in [0.15, 0.2) is 0 Å². The van der Waals surface area contributed by atoms with E-state index < -0.39 is 0 Å². The SMILES string of the molecule is CC.CCOC(=O)CCc1ccc2c(c1)N(Cc1ccc(C3=NCCN3C)cc1)C(=O)CN(CC1C=CC(C)=CCC1)C2. The van der Waals surface area contributed by atoms with Gasteiger partial charge >= 0.3 is 5.97 Å². The van der Waals surface area contributed by atoms with E-state index in [0.29, 0.717) is 38.5 Å². The smallest absolute Gasteiger partial charge is 0.306 e. The Balaban J connectivity index is 0.00000207. The first-order chi connectivity index (χ1) is 20.9. The highest BCUT2D eigenvalue weighted by Crippen LogP contribution is 2.30. The van der Waals surface area contributed by atoms with Gasteiger partial charge in [0.2, 0.25) is 5.91 Å². The molecule has 0 aromatic heterocycles. The van der Waals surface area contributed by atoms with Gasteiger partial charge in [0.05, 0.1) is 26.2 Å². The lowest BCUT2D eigenvalue weighted by Crippen LogP contribution is -2.38. The third kappa shape index (κ3) is 8.66. The van der Waals surface area contributed by atoms with Gasteiger partial charge in [-0.3, -0.25) is 19.5 Å². The molecule has 0 bridgehead atoms. The zero-order valence-corrected chi connectivity index (χ0v) is 26.6. The molecule has 0 saturated heterocycles. The average Bonchev–Trinajstić information content (AvgIpc) is 3.27. The van der Waals surface area contributed by atoms with Gasteiger partial charge in [0, 0.05) is 44.4 Å². The molecule has 0 spiro atoms. The summed E-state index contributed by atoms with van der Waals surface area (Å²) in [6, 6.07) is 14.8. The summed E-state index contributed by atoms with van der Waals surface area (Å²) in [5.74, 6) is 1.34. The lowest BCUT2D eigenvalue weighted by atomic mass is 10.0. The number of nitrogens with zero attached hydrogens (tertiary/aromatic N) is 4. The number of carbonyl (C=O) groups is 2. The monoisotopic (exact) mass is 584 g/mol. The van der Waals surface area contributed by atoms with Gasteiger partial charge in [0.1, 0.15) is 5.84 Å². The Morgan fingerprint density at radius 2 is 1.84 bits per heavy atom. The van der Waals surface area contributed by atoms with Crippen LogP contribution in [-0.2, 0) is 33.8 Å². The largest absolute Gasteiger partial charge is 0.466 e. The molecule has 1 amide bonds. The van der Waals surface area contributed by atoms with Crippen LogP contribution in [0.4, 0.5) is 5.69 Å². The van der Waals surface area contributed by atoms with Crippen LogP contribution in [0.15, 0.2) is 71.3 Å². The van der Waals surface area contributed by atoms with Crippen molar-refractivity contribution in [3.05, 3.63) is 88.5 Å². The summed E-state index contributed by atoms with van der Waals surface area (Å²) < 4.78 is 5.14. The number of amides is 1. The maximum Gasteiger partial charge on any atom is 0.306 e. The zero-order valence-electron chi connectivity index (χ0n) is 26.6. The van der Waals surface area contributed by atoms with Crippen LogP contribution in [0.5, 0.6) is 0 Å². The summed E-state index contributed by atoms with van der Waals surface area (Å²) in [5, 5.41) is 0. The third-order valence-corrected chi connectivity index (χ3v) is 8.16. The minimum absolute atomic E-state index is 0.0992. The number of allylic oxidation sites excluding steroid dienone is 3. The number of likely N-dealkylation sites (N-methyl/N-ethyl adjacent to an activating group) is 1. The lowest BCUT2D eigenvalue weighted by molar-refractivity contribution is -0.143. The Morgan fingerprint density at radius 3 is 2.56 bits per heavy atom. The maximum atomic E-state index is 13.9. The molecule has 2 aliphatic heterocycles. The summed E-state index contributed by atoms with van der Waals surface area (Å²) in [5.41, 5.74) is 6.61. The van der Waals surface area contributed by atoms with Crippen molar-refractivity contribution in [1.82, 2.24) is 9.80 Å². The molecular weight excluding hydrogens is 536 g/mol. The standard InChI is InChI=1S/C34H42N4O3.C2H6/c1-4-41-33(40)17-13-26-10-16-30-23-37(21-27-7-5-6-25(2)8-9-27)24-32(39)38(31(30)20-26)22-28-11-14-29(15-12-28)34-35-18-19-36(34)3;1-2/h6,8-12,14-16,20,27H,4-5,7,13,17-19,21-24H2,1-3H3;1-2H3. The fourth-order valence-corrected chi connectivity index (χ4v) is 5.89. The summed E-state index contributed by atoms with van der Waals surface area (Å²) >= 11 is 0. The molecule has 0 N–H and O–H groups in total. The number of anilines is 1. The van der Waals surface area contributed by atoms with Gasteiger partial charge in [0.25, 0.3) is 0 Å². The molecule has 1 aliphatic carbocycles. The van der Waals surface area contributed by atoms with Crippen LogP contribution in [0.3, 0.4) is 0 Å². The van der Waals surface area contributed by atoms with Crippen molar-refractivity contribution in [3.8, 4) is 0 Å². The summed E-state index contributed by atoms with van der Waals surface area (Å²) in [4.78, 5) is 37.0. The van der Waals surface area contributed by atoms with Crippen LogP contribution < -0.4 is 4.90 Å². The Kier molecular flexibility index (Phi) is 11.7. The van der Waals surface area contributed by atoms with E-state index in [9.17, 15) is 9.59 Å². The Morgan fingerprint density at radius 1 is 1.07 bits per heavy atom. The van der Waals surface area contributed by atoms with Crippen molar-refractivity contribution in [2.75, 3.05) is 44.7 Å². The third-order valence-electron chi connectivity index (χ3n) is 8.16. The molecular formula is C36H48N4O3. The Labute approximate surface area is 257 Å². The highest BCUT2D eigenvalue weighted by molar-refractivity contribution is 5.99. The van der Waals surface area contributed by atoms with Crippen molar-refractivity contribution in [2.24, 2.45) is 10.9 Å². The minimum Gasteiger partial charge on any atom is -0.466 e. The number of fused-ring (bicyclic) bond motifs is 1. The molecule has 2 aromatic rings. The Hall–Kier alpha value is -3.71. The van der Waals surface area contributed by atoms with E-state index in [-0.39, 0.29) is 11.9 Å². The molecule has 1 atom stereocenters. The van der Waals surface area contributed by atoms with Gasteiger partial charge in [-0.1, -0.05) is 74.0 Å². The maximum absolute atomic E-state index is 13.9. The number of hydrogen-bond acceptors (Lipinski definition) is 6.